The number of fused-ring (bicyclic) bond motifs is 1. The number of aromatic hydroxyl groups is 1. The van der Waals surface area contributed by atoms with E-state index in [4.69, 9.17) is 21.1 Å². The Morgan fingerprint density at radius 2 is 1.92 bits per heavy atom. The molecule has 0 bridgehead atoms. The Hall–Kier alpha value is -3.02. The number of hydrogen-bond acceptors (Lipinski definition) is 4. The number of likely N-dealkylation sites (tertiary alicyclic amines) is 1. The first-order valence-corrected chi connectivity index (χ1v) is 12.8. The van der Waals surface area contributed by atoms with Crippen molar-refractivity contribution < 1.29 is 19.0 Å². The summed E-state index contributed by atoms with van der Waals surface area (Å²) in [6.45, 7) is 9.33. The fraction of sp³-hybridized carbons (Fsp3) is 0.333. The smallest absolute Gasteiger partial charge is 0.150 e. The lowest BCUT2D eigenvalue weighted by Crippen LogP contribution is -2.35. The second-order valence-corrected chi connectivity index (χ2v) is 10.3. The number of benzene rings is 3. The molecule has 3 aromatic rings. The standard InChI is InChI=1S/C30H31ClFNO3/c1-18-13-14-33(16-18)19(2)17-35-23-10-7-21(8-11-23)30-28(24-5-4-6-26(32)29(24)31)20(3)25-15-22(34)9-12-27(25)36-30/h4-12,15,18-19,30,34H,13-14,16-17H2,1-3H3. The van der Waals surface area contributed by atoms with Crippen LogP contribution in [0.15, 0.2) is 60.7 Å². The minimum atomic E-state index is -0.500. The van der Waals surface area contributed by atoms with Gasteiger partial charge >= 0.3 is 0 Å². The topological polar surface area (TPSA) is 41.9 Å². The number of hydrogen-bond donors (Lipinski definition) is 1. The lowest BCUT2D eigenvalue weighted by molar-refractivity contribution is 0.169. The predicted octanol–water partition coefficient (Wildman–Crippen LogP) is 7.36. The average Bonchev–Trinajstić information content (AvgIpc) is 3.31. The molecule has 0 amide bonds. The highest BCUT2D eigenvalue weighted by Gasteiger charge is 2.31. The number of ether oxygens (including phenoxy) is 2. The van der Waals surface area contributed by atoms with Gasteiger partial charge in [0.2, 0.25) is 0 Å². The van der Waals surface area contributed by atoms with Gasteiger partial charge in [0.25, 0.3) is 0 Å². The summed E-state index contributed by atoms with van der Waals surface area (Å²) in [4.78, 5) is 2.48. The van der Waals surface area contributed by atoms with Gasteiger partial charge in [-0.15, -0.1) is 0 Å². The summed E-state index contributed by atoms with van der Waals surface area (Å²) in [6.07, 6.45) is 0.744. The van der Waals surface area contributed by atoms with Crippen molar-refractivity contribution in [3.8, 4) is 17.2 Å². The Bertz CT molecular complexity index is 1290. The lowest BCUT2D eigenvalue weighted by Gasteiger charge is -2.31. The van der Waals surface area contributed by atoms with Gasteiger partial charge in [-0.1, -0.05) is 42.8 Å². The van der Waals surface area contributed by atoms with Crippen LogP contribution in [0, 0.1) is 11.7 Å². The normalized spacial score (nSPS) is 20.7. The molecule has 2 aliphatic rings. The van der Waals surface area contributed by atoms with Crippen molar-refractivity contribution in [1.29, 1.82) is 0 Å². The Balaban J connectivity index is 1.43. The Morgan fingerprint density at radius 3 is 2.64 bits per heavy atom. The average molecular weight is 508 g/mol. The van der Waals surface area contributed by atoms with Crippen LogP contribution in [-0.4, -0.2) is 35.7 Å². The van der Waals surface area contributed by atoms with Crippen molar-refractivity contribution in [2.75, 3.05) is 19.7 Å². The van der Waals surface area contributed by atoms with E-state index >= 15 is 0 Å². The van der Waals surface area contributed by atoms with Crippen molar-refractivity contribution in [2.24, 2.45) is 5.92 Å². The largest absolute Gasteiger partial charge is 0.508 e. The Morgan fingerprint density at radius 1 is 1.14 bits per heavy atom. The summed E-state index contributed by atoms with van der Waals surface area (Å²) >= 11 is 6.42. The van der Waals surface area contributed by atoms with Gasteiger partial charge in [0.15, 0.2) is 0 Å². The van der Waals surface area contributed by atoms with Crippen LogP contribution >= 0.6 is 11.6 Å². The van der Waals surface area contributed by atoms with Crippen LogP contribution in [0.4, 0.5) is 4.39 Å². The van der Waals surface area contributed by atoms with E-state index in [1.807, 2.05) is 31.2 Å². The molecule has 3 unspecified atom stereocenters. The van der Waals surface area contributed by atoms with Crippen LogP contribution in [0.1, 0.15) is 50.0 Å². The summed E-state index contributed by atoms with van der Waals surface area (Å²) < 4.78 is 27.0. The van der Waals surface area contributed by atoms with Crippen molar-refractivity contribution in [3.05, 3.63) is 88.2 Å². The molecule has 3 aromatic carbocycles. The molecule has 0 spiro atoms. The maximum absolute atomic E-state index is 14.4. The molecule has 1 fully saturated rings. The Labute approximate surface area is 216 Å². The molecule has 4 nitrogen and oxygen atoms in total. The van der Waals surface area contributed by atoms with E-state index in [0.29, 0.717) is 24.0 Å². The quantitative estimate of drug-likeness (QED) is 0.378. The number of phenols is 1. The highest BCUT2D eigenvalue weighted by atomic mass is 35.5. The Kier molecular flexibility index (Phi) is 6.96. The van der Waals surface area contributed by atoms with Gasteiger partial charge < -0.3 is 14.6 Å². The SMILES string of the molecule is CC1=C(c2cccc(F)c2Cl)C(c2ccc(OCC(C)N3CCC(C)C3)cc2)Oc2ccc(O)cc21. The van der Waals surface area contributed by atoms with Crippen LogP contribution in [0.3, 0.4) is 0 Å². The number of allylic oxidation sites excluding steroid dienone is 1. The van der Waals surface area contributed by atoms with Gasteiger partial charge in [-0.3, -0.25) is 4.90 Å². The molecule has 0 radical (unpaired) electrons. The van der Waals surface area contributed by atoms with E-state index in [0.717, 1.165) is 47.0 Å². The molecule has 2 heterocycles. The van der Waals surface area contributed by atoms with E-state index in [1.54, 1.807) is 30.3 Å². The predicted molar refractivity (Wildman–Crippen MR) is 142 cm³/mol. The summed E-state index contributed by atoms with van der Waals surface area (Å²) in [7, 11) is 0. The van der Waals surface area contributed by atoms with Gasteiger partial charge in [-0.25, -0.2) is 4.39 Å². The van der Waals surface area contributed by atoms with E-state index in [2.05, 4.69) is 18.7 Å². The minimum absolute atomic E-state index is 0.0502. The molecule has 36 heavy (non-hydrogen) atoms. The monoisotopic (exact) mass is 507 g/mol. The van der Waals surface area contributed by atoms with Crippen molar-refractivity contribution in [2.45, 2.75) is 39.3 Å². The number of halogens is 2. The molecule has 5 rings (SSSR count). The molecular formula is C30H31ClFNO3. The number of nitrogens with zero attached hydrogens (tertiary/aromatic N) is 1. The summed E-state index contributed by atoms with van der Waals surface area (Å²) in [6, 6.07) is 18.0. The molecule has 3 atom stereocenters. The van der Waals surface area contributed by atoms with Crippen LogP contribution < -0.4 is 9.47 Å². The summed E-state index contributed by atoms with van der Waals surface area (Å²) in [5, 5.41) is 10.1. The third kappa shape index (κ3) is 4.82. The maximum atomic E-state index is 14.4. The van der Waals surface area contributed by atoms with Crippen LogP contribution in [0.25, 0.3) is 11.1 Å². The highest BCUT2D eigenvalue weighted by molar-refractivity contribution is 6.33. The van der Waals surface area contributed by atoms with E-state index in [1.165, 1.54) is 12.5 Å². The molecule has 0 saturated carbocycles. The number of rotatable bonds is 6. The first kappa shape index (κ1) is 24.7. The first-order chi connectivity index (χ1) is 17.3. The first-order valence-electron chi connectivity index (χ1n) is 12.4. The molecule has 1 N–H and O–H groups in total. The van der Waals surface area contributed by atoms with Crippen LogP contribution in [-0.2, 0) is 0 Å². The second kappa shape index (κ2) is 10.2. The van der Waals surface area contributed by atoms with Crippen LogP contribution in [0.2, 0.25) is 5.02 Å². The zero-order valence-corrected chi connectivity index (χ0v) is 21.6. The van der Waals surface area contributed by atoms with Crippen molar-refractivity contribution in [1.82, 2.24) is 4.90 Å². The van der Waals surface area contributed by atoms with Gasteiger partial charge in [-0.2, -0.15) is 0 Å². The molecule has 188 valence electrons. The second-order valence-electron chi connectivity index (χ2n) is 9.94. The van der Waals surface area contributed by atoms with E-state index in [9.17, 15) is 9.50 Å². The maximum Gasteiger partial charge on any atom is 0.150 e. The van der Waals surface area contributed by atoms with Crippen molar-refractivity contribution >= 4 is 22.7 Å². The molecule has 2 aliphatic heterocycles. The lowest BCUT2D eigenvalue weighted by atomic mass is 9.86. The number of phenolic OH excluding ortho intramolecular Hbond substituents is 1. The van der Waals surface area contributed by atoms with Gasteiger partial charge in [0.05, 0.1) is 5.02 Å². The van der Waals surface area contributed by atoms with Crippen LogP contribution in [0.5, 0.6) is 17.2 Å². The third-order valence-electron chi connectivity index (χ3n) is 7.27. The molecule has 6 heteroatoms. The summed E-state index contributed by atoms with van der Waals surface area (Å²) in [5.41, 5.74) is 3.87. The van der Waals surface area contributed by atoms with Gasteiger partial charge in [0, 0.05) is 29.3 Å². The summed E-state index contributed by atoms with van der Waals surface area (Å²) in [5.74, 6) is 1.85. The molecule has 1 saturated heterocycles. The minimum Gasteiger partial charge on any atom is -0.508 e. The fourth-order valence-corrected chi connectivity index (χ4v) is 5.39. The van der Waals surface area contributed by atoms with Gasteiger partial charge in [0.1, 0.15) is 35.8 Å². The third-order valence-corrected chi connectivity index (χ3v) is 7.66. The molecular weight excluding hydrogens is 477 g/mol. The highest BCUT2D eigenvalue weighted by Crippen LogP contribution is 2.49. The van der Waals surface area contributed by atoms with Crippen molar-refractivity contribution in [3.63, 3.8) is 0 Å². The van der Waals surface area contributed by atoms with E-state index in [-0.39, 0.29) is 10.8 Å². The van der Waals surface area contributed by atoms with Gasteiger partial charge in [-0.05, 0) is 80.3 Å². The zero-order chi connectivity index (χ0) is 25.4. The van der Waals surface area contributed by atoms with E-state index < -0.39 is 11.9 Å². The molecule has 0 aliphatic carbocycles. The fourth-order valence-electron chi connectivity index (χ4n) is 5.16. The molecule has 0 aromatic heterocycles. The zero-order valence-electron chi connectivity index (χ0n) is 20.8.